The van der Waals surface area contributed by atoms with E-state index in [4.69, 9.17) is 23.2 Å². The van der Waals surface area contributed by atoms with Crippen LogP contribution in [0.15, 0.2) is 47.4 Å². The van der Waals surface area contributed by atoms with Gasteiger partial charge in [-0.2, -0.15) is 0 Å². The van der Waals surface area contributed by atoms with E-state index in [9.17, 15) is 13.2 Å². The molecule has 132 valence electrons. The quantitative estimate of drug-likeness (QED) is 0.779. The van der Waals surface area contributed by atoms with Crippen molar-refractivity contribution in [1.82, 2.24) is 5.32 Å². The largest absolute Gasteiger partial charge is 0.353 e. The maximum absolute atomic E-state index is 12.4. The normalized spacial score (nSPS) is 14.2. The van der Waals surface area contributed by atoms with Crippen molar-refractivity contribution < 1.29 is 13.2 Å². The number of nitrogens with one attached hydrogen (secondary N) is 2. The van der Waals surface area contributed by atoms with Gasteiger partial charge in [0.15, 0.2) is 0 Å². The van der Waals surface area contributed by atoms with Crippen LogP contribution in [-0.2, 0) is 21.2 Å². The van der Waals surface area contributed by atoms with E-state index in [1.165, 1.54) is 18.2 Å². The molecule has 0 saturated heterocycles. The Bertz CT molecular complexity index is 874. The molecule has 0 unspecified atom stereocenters. The fourth-order valence-corrected chi connectivity index (χ4v) is 4.06. The summed E-state index contributed by atoms with van der Waals surface area (Å²) in [6, 6.07) is 11.1. The molecule has 2 aromatic rings. The lowest BCUT2D eigenvalue weighted by molar-refractivity contribution is -0.120. The summed E-state index contributed by atoms with van der Waals surface area (Å²) in [7, 11) is -3.80. The van der Waals surface area contributed by atoms with E-state index in [-0.39, 0.29) is 27.3 Å². The Balaban J connectivity index is 1.68. The van der Waals surface area contributed by atoms with Gasteiger partial charge in [-0.05, 0) is 48.7 Å². The molecule has 5 nitrogen and oxygen atoms in total. The topological polar surface area (TPSA) is 75.3 Å². The minimum absolute atomic E-state index is 0.0158. The van der Waals surface area contributed by atoms with E-state index in [1.54, 1.807) is 24.3 Å². The van der Waals surface area contributed by atoms with Gasteiger partial charge in [0.05, 0.1) is 11.3 Å². The molecule has 1 amide bonds. The number of amides is 1. The second-order valence-electron chi connectivity index (χ2n) is 5.93. The molecular formula is C17H16Cl2N2O3S. The molecule has 25 heavy (non-hydrogen) atoms. The number of carbonyl (C=O) groups excluding carboxylic acids is 1. The van der Waals surface area contributed by atoms with Crippen LogP contribution in [0.25, 0.3) is 0 Å². The second-order valence-corrected chi connectivity index (χ2v) is 8.48. The summed E-state index contributed by atoms with van der Waals surface area (Å²) >= 11 is 11.7. The maximum atomic E-state index is 12.4. The molecule has 0 bridgehead atoms. The van der Waals surface area contributed by atoms with Gasteiger partial charge in [-0.3, -0.25) is 9.52 Å². The highest BCUT2D eigenvalue weighted by molar-refractivity contribution is 7.92. The van der Waals surface area contributed by atoms with E-state index >= 15 is 0 Å². The Labute approximate surface area is 156 Å². The summed E-state index contributed by atoms with van der Waals surface area (Å²) < 4.78 is 27.3. The minimum atomic E-state index is -3.80. The number of anilines is 1. The number of rotatable bonds is 6. The number of carbonyl (C=O) groups is 1. The predicted molar refractivity (Wildman–Crippen MR) is 98.6 cm³/mol. The zero-order valence-electron chi connectivity index (χ0n) is 13.1. The van der Waals surface area contributed by atoms with Crippen molar-refractivity contribution >= 4 is 44.8 Å². The molecule has 2 N–H and O–H groups in total. The first-order chi connectivity index (χ1) is 11.8. The molecule has 1 aliphatic carbocycles. The molecule has 0 aliphatic heterocycles. The summed E-state index contributed by atoms with van der Waals surface area (Å²) in [4.78, 5) is 11.8. The fraction of sp³-hybridized carbons (Fsp3) is 0.235. The Kier molecular flexibility index (Phi) is 5.22. The number of hydrogen-bond acceptors (Lipinski definition) is 3. The third-order valence-electron chi connectivity index (χ3n) is 3.66. The van der Waals surface area contributed by atoms with Crippen molar-refractivity contribution in [1.29, 1.82) is 0 Å². The van der Waals surface area contributed by atoms with Crippen LogP contribution in [0.2, 0.25) is 10.0 Å². The van der Waals surface area contributed by atoms with Crippen molar-refractivity contribution in [3.8, 4) is 0 Å². The van der Waals surface area contributed by atoms with Crippen LogP contribution in [-0.4, -0.2) is 20.4 Å². The molecule has 1 aliphatic rings. The van der Waals surface area contributed by atoms with Crippen LogP contribution >= 0.6 is 23.2 Å². The molecule has 1 fully saturated rings. The van der Waals surface area contributed by atoms with Gasteiger partial charge in [0.2, 0.25) is 5.91 Å². The highest BCUT2D eigenvalue weighted by Gasteiger charge is 2.23. The third-order valence-corrected chi connectivity index (χ3v) is 5.46. The van der Waals surface area contributed by atoms with Crippen molar-refractivity contribution in [2.75, 3.05) is 4.72 Å². The van der Waals surface area contributed by atoms with E-state index in [0.29, 0.717) is 11.7 Å². The summed E-state index contributed by atoms with van der Waals surface area (Å²) in [5.41, 5.74) is 1.20. The lowest BCUT2D eigenvalue weighted by Gasteiger charge is -2.10. The van der Waals surface area contributed by atoms with Crippen molar-refractivity contribution in [3.05, 3.63) is 58.1 Å². The Morgan fingerprint density at radius 2 is 1.64 bits per heavy atom. The zero-order chi connectivity index (χ0) is 18.0. The van der Waals surface area contributed by atoms with Crippen LogP contribution < -0.4 is 10.0 Å². The van der Waals surface area contributed by atoms with Gasteiger partial charge in [0.25, 0.3) is 10.0 Å². The van der Waals surface area contributed by atoms with Crippen LogP contribution in [0.3, 0.4) is 0 Å². The Morgan fingerprint density at radius 1 is 1.04 bits per heavy atom. The monoisotopic (exact) mass is 398 g/mol. The van der Waals surface area contributed by atoms with E-state index < -0.39 is 10.0 Å². The predicted octanol–water partition coefficient (Wildman–Crippen LogP) is 3.62. The SMILES string of the molecule is O=C(Cc1ccc(NS(=O)(=O)c2cc(Cl)cc(Cl)c2)cc1)NC1CC1. The summed E-state index contributed by atoms with van der Waals surface area (Å²) in [5, 5.41) is 3.39. The van der Waals surface area contributed by atoms with Crippen LogP contribution in [0.5, 0.6) is 0 Å². The first kappa shape index (κ1) is 18.0. The molecule has 8 heteroatoms. The molecule has 0 aromatic heterocycles. The molecule has 1 saturated carbocycles. The van der Waals surface area contributed by atoms with Gasteiger partial charge in [-0.25, -0.2) is 8.42 Å². The lowest BCUT2D eigenvalue weighted by Crippen LogP contribution is -2.26. The van der Waals surface area contributed by atoms with E-state index in [2.05, 4.69) is 10.0 Å². The van der Waals surface area contributed by atoms with Crippen LogP contribution in [0.4, 0.5) is 5.69 Å². The zero-order valence-corrected chi connectivity index (χ0v) is 15.5. The van der Waals surface area contributed by atoms with Gasteiger partial charge in [0.1, 0.15) is 0 Å². The number of benzene rings is 2. The average molecular weight is 399 g/mol. The highest BCUT2D eigenvalue weighted by Crippen LogP contribution is 2.24. The van der Waals surface area contributed by atoms with Gasteiger partial charge in [-0.1, -0.05) is 35.3 Å². The Hall–Kier alpha value is -1.76. The van der Waals surface area contributed by atoms with Crippen LogP contribution in [0, 0.1) is 0 Å². The van der Waals surface area contributed by atoms with Crippen LogP contribution in [0.1, 0.15) is 18.4 Å². The van der Waals surface area contributed by atoms with Gasteiger partial charge in [-0.15, -0.1) is 0 Å². The second kappa shape index (κ2) is 7.23. The lowest BCUT2D eigenvalue weighted by atomic mass is 10.1. The van der Waals surface area contributed by atoms with Crippen molar-refractivity contribution in [2.24, 2.45) is 0 Å². The number of halogens is 2. The molecule has 0 spiro atoms. The van der Waals surface area contributed by atoms with Gasteiger partial charge in [0, 0.05) is 21.8 Å². The molecule has 0 heterocycles. The molecular weight excluding hydrogens is 383 g/mol. The molecule has 0 radical (unpaired) electrons. The third kappa shape index (κ3) is 5.11. The number of sulfonamides is 1. The summed E-state index contributed by atoms with van der Waals surface area (Å²) in [6.45, 7) is 0. The number of hydrogen-bond donors (Lipinski definition) is 2. The van der Waals surface area contributed by atoms with Crippen molar-refractivity contribution in [3.63, 3.8) is 0 Å². The molecule has 0 atom stereocenters. The molecule has 2 aromatic carbocycles. The van der Waals surface area contributed by atoms with Gasteiger partial charge < -0.3 is 5.32 Å². The van der Waals surface area contributed by atoms with Crippen molar-refractivity contribution in [2.45, 2.75) is 30.2 Å². The minimum Gasteiger partial charge on any atom is -0.353 e. The standard InChI is InChI=1S/C17H16Cl2N2O3S/c18-12-8-13(19)10-16(9-12)25(23,24)21-15-3-1-11(2-4-15)7-17(22)20-14-5-6-14/h1-4,8-10,14,21H,5-7H2,(H,20,22). The summed E-state index contributed by atoms with van der Waals surface area (Å²) in [6.07, 6.45) is 2.35. The van der Waals surface area contributed by atoms with Gasteiger partial charge >= 0.3 is 0 Å². The van der Waals surface area contributed by atoms with E-state index in [0.717, 1.165) is 18.4 Å². The highest BCUT2D eigenvalue weighted by atomic mass is 35.5. The first-order valence-corrected chi connectivity index (χ1v) is 9.93. The average Bonchev–Trinajstić information content (AvgIpc) is 3.32. The van der Waals surface area contributed by atoms with E-state index in [1.807, 2.05) is 0 Å². The fourth-order valence-electron chi connectivity index (χ4n) is 2.28. The first-order valence-electron chi connectivity index (χ1n) is 7.69. The maximum Gasteiger partial charge on any atom is 0.261 e. The smallest absolute Gasteiger partial charge is 0.261 e. The Morgan fingerprint density at radius 3 is 2.20 bits per heavy atom. The summed E-state index contributed by atoms with van der Waals surface area (Å²) in [5.74, 6) is -0.0237. The molecule has 3 rings (SSSR count).